The number of carbonyl (C=O) groups is 2. The Hall–Kier alpha value is -2.42. The van der Waals surface area contributed by atoms with E-state index in [2.05, 4.69) is 64.4 Å². The molecule has 0 aliphatic carbocycles. The average molecular weight is 523 g/mol. The van der Waals surface area contributed by atoms with E-state index < -0.39 is 18.4 Å². The van der Waals surface area contributed by atoms with Crippen LogP contribution in [0.4, 0.5) is 11.6 Å². The summed E-state index contributed by atoms with van der Waals surface area (Å²) in [5.74, 6) is -1.29. The Labute approximate surface area is 237 Å². The van der Waals surface area contributed by atoms with Crippen molar-refractivity contribution in [1.29, 1.82) is 0 Å². The van der Waals surface area contributed by atoms with Crippen molar-refractivity contribution in [3.63, 3.8) is 0 Å². The van der Waals surface area contributed by atoms with Crippen LogP contribution in [0, 0.1) is 0 Å². The molecule has 1 N–H and O–H groups in total. The molecule has 0 saturated carbocycles. The molecule has 10 heteroatoms. The zero-order chi connectivity index (χ0) is 25.1. The molecule has 0 fully saturated rings. The Morgan fingerprint density at radius 2 is 1.60 bits per heavy atom. The predicted octanol–water partition coefficient (Wildman–Crippen LogP) is 1.53. The van der Waals surface area contributed by atoms with Gasteiger partial charge in [0, 0.05) is 24.1 Å². The molecule has 0 unspecified atom stereocenters. The molecule has 178 valence electrons. The van der Waals surface area contributed by atoms with E-state index in [-0.39, 0.29) is 45.2 Å². The summed E-state index contributed by atoms with van der Waals surface area (Å²) < 4.78 is 0. The van der Waals surface area contributed by atoms with Gasteiger partial charge >= 0.3 is 29.6 Å². The van der Waals surface area contributed by atoms with Gasteiger partial charge in [-0.25, -0.2) is 9.97 Å². The number of carboxylic acid groups (broad SMARTS) is 1. The first-order valence-electron chi connectivity index (χ1n) is 10.5. The molecule has 3 rings (SSSR count). The predicted molar refractivity (Wildman–Crippen MR) is 134 cm³/mol. The molecule has 0 radical (unpaired) electrons. The molecule has 0 aliphatic heterocycles. The zero-order valence-electron chi connectivity index (χ0n) is 20.0. The van der Waals surface area contributed by atoms with Crippen LogP contribution in [0.25, 0.3) is 6.08 Å². The van der Waals surface area contributed by atoms with Crippen molar-refractivity contribution in [2.45, 2.75) is 26.8 Å². The number of hydrogen-bond acceptors (Lipinski definition) is 6. The minimum absolute atomic E-state index is 0. The summed E-state index contributed by atoms with van der Waals surface area (Å²) in [6, 6.07) is 15.1. The average Bonchev–Trinajstić information content (AvgIpc) is 2.80. The standard InChI is InChI=1S/C16H19N3.C9H7Cl2NO3.Na/c1-4-6-14-7-9-15(10-8-14)19(13(2)3)16-17-11-5-12-18-16;10-5-2-1-3-6(11)8(5)9(15)12-4-7(13)14;/h4-13H,1-3H3;1-3H,4H2,(H,12,15)(H,13,14);/q;;+1/p-1/b6-4+;;. The fourth-order valence-electron chi connectivity index (χ4n) is 2.95. The summed E-state index contributed by atoms with van der Waals surface area (Å²) in [5.41, 5.74) is 2.36. The molecular formula is C25H25Cl2N4NaO3. The molecule has 3 aromatic rings. The summed E-state index contributed by atoms with van der Waals surface area (Å²) in [4.78, 5) is 32.3. The van der Waals surface area contributed by atoms with Crippen LogP contribution in [0.15, 0.2) is 67.0 Å². The Morgan fingerprint density at radius 1 is 1.03 bits per heavy atom. The molecule has 0 aliphatic rings. The maximum atomic E-state index is 11.4. The van der Waals surface area contributed by atoms with Crippen LogP contribution in [-0.2, 0) is 4.79 Å². The Bertz CT molecular complexity index is 1110. The van der Waals surface area contributed by atoms with Crippen LogP contribution in [0.5, 0.6) is 0 Å². The molecule has 1 heterocycles. The van der Waals surface area contributed by atoms with Gasteiger partial charge in [-0.1, -0.05) is 53.6 Å². The van der Waals surface area contributed by atoms with Crippen LogP contribution >= 0.6 is 23.2 Å². The van der Waals surface area contributed by atoms with E-state index in [9.17, 15) is 14.7 Å². The van der Waals surface area contributed by atoms with E-state index >= 15 is 0 Å². The molecule has 2 aromatic carbocycles. The minimum atomic E-state index is -1.38. The van der Waals surface area contributed by atoms with E-state index in [0.29, 0.717) is 6.04 Å². The Morgan fingerprint density at radius 3 is 2.09 bits per heavy atom. The van der Waals surface area contributed by atoms with E-state index in [1.807, 2.05) is 19.1 Å². The zero-order valence-corrected chi connectivity index (χ0v) is 23.5. The van der Waals surface area contributed by atoms with Crippen LogP contribution in [0.2, 0.25) is 10.0 Å². The molecule has 0 spiro atoms. The number of halogens is 2. The van der Waals surface area contributed by atoms with E-state index in [0.717, 1.165) is 11.6 Å². The number of nitrogens with one attached hydrogen (secondary N) is 1. The molecular weight excluding hydrogens is 498 g/mol. The topological polar surface area (TPSA) is 98.2 Å². The van der Waals surface area contributed by atoms with Gasteiger partial charge in [-0.3, -0.25) is 4.79 Å². The third-order valence-electron chi connectivity index (χ3n) is 4.40. The minimum Gasteiger partial charge on any atom is -0.548 e. The summed E-state index contributed by atoms with van der Waals surface area (Å²) in [5, 5.41) is 12.6. The number of amides is 1. The number of aliphatic carboxylic acids is 1. The van der Waals surface area contributed by atoms with Gasteiger partial charge in [-0.2, -0.15) is 0 Å². The van der Waals surface area contributed by atoms with Gasteiger partial charge in [-0.15, -0.1) is 0 Å². The second kappa shape index (κ2) is 15.5. The van der Waals surface area contributed by atoms with Crippen LogP contribution < -0.4 is 44.9 Å². The van der Waals surface area contributed by atoms with Crippen molar-refractivity contribution < 1.29 is 44.3 Å². The fourth-order valence-corrected chi connectivity index (χ4v) is 3.52. The quantitative estimate of drug-likeness (QED) is 0.472. The Balaban J connectivity index is 0.000000350. The van der Waals surface area contributed by atoms with Gasteiger partial charge in [0.15, 0.2) is 0 Å². The van der Waals surface area contributed by atoms with Gasteiger partial charge < -0.3 is 20.1 Å². The molecule has 0 bridgehead atoms. The van der Waals surface area contributed by atoms with Crippen molar-refractivity contribution in [2.75, 3.05) is 11.4 Å². The van der Waals surface area contributed by atoms with Gasteiger partial charge in [0.1, 0.15) is 0 Å². The maximum absolute atomic E-state index is 11.4. The number of hydrogen-bond donors (Lipinski definition) is 1. The Kier molecular flexibility index (Phi) is 13.6. The second-order valence-corrected chi connectivity index (χ2v) is 8.07. The number of carboxylic acids is 1. The molecule has 7 nitrogen and oxygen atoms in total. The van der Waals surface area contributed by atoms with Gasteiger partial charge in [-0.05, 0) is 56.7 Å². The maximum Gasteiger partial charge on any atom is 1.00 e. The SMILES string of the molecule is C/C=C/c1ccc(N(c2ncccn2)C(C)C)cc1.O=C([O-])CNC(=O)c1c(Cl)cccc1Cl.[Na+]. The largest absolute Gasteiger partial charge is 1.00 e. The van der Waals surface area contributed by atoms with Crippen LogP contribution in [0.1, 0.15) is 36.7 Å². The normalized spacial score (nSPS) is 10.2. The smallest absolute Gasteiger partial charge is 0.548 e. The molecule has 0 saturated heterocycles. The number of rotatable bonds is 7. The van der Waals surface area contributed by atoms with Crippen LogP contribution in [0.3, 0.4) is 0 Å². The van der Waals surface area contributed by atoms with E-state index in [4.69, 9.17) is 23.2 Å². The summed E-state index contributed by atoms with van der Waals surface area (Å²) in [7, 11) is 0. The fraction of sp³-hybridized carbons (Fsp3) is 0.200. The van der Waals surface area contributed by atoms with Crippen molar-refractivity contribution in [3.8, 4) is 0 Å². The summed E-state index contributed by atoms with van der Waals surface area (Å²) >= 11 is 11.5. The number of carbonyl (C=O) groups excluding carboxylic acids is 2. The van der Waals surface area contributed by atoms with Gasteiger partial charge in [0.2, 0.25) is 5.95 Å². The second-order valence-electron chi connectivity index (χ2n) is 7.26. The van der Waals surface area contributed by atoms with E-state index in [1.165, 1.54) is 17.7 Å². The van der Waals surface area contributed by atoms with Crippen molar-refractivity contribution in [1.82, 2.24) is 15.3 Å². The van der Waals surface area contributed by atoms with E-state index in [1.54, 1.807) is 18.5 Å². The van der Waals surface area contributed by atoms with Gasteiger partial charge in [0.05, 0.1) is 28.1 Å². The number of aromatic nitrogens is 2. The summed E-state index contributed by atoms with van der Waals surface area (Å²) in [6.45, 7) is 5.71. The van der Waals surface area contributed by atoms with Crippen LogP contribution in [-0.4, -0.2) is 34.4 Å². The number of nitrogens with zero attached hydrogens (tertiary/aromatic N) is 3. The van der Waals surface area contributed by atoms with Crippen molar-refractivity contribution >= 4 is 52.8 Å². The molecule has 1 aromatic heterocycles. The molecule has 0 atom stereocenters. The van der Waals surface area contributed by atoms with Gasteiger partial charge in [0.25, 0.3) is 5.91 Å². The first-order valence-corrected chi connectivity index (χ1v) is 11.2. The third-order valence-corrected chi connectivity index (χ3v) is 5.03. The van der Waals surface area contributed by atoms with Crippen molar-refractivity contribution in [3.05, 3.63) is 88.2 Å². The monoisotopic (exact) mass is 522 g/mol. The number of anilines is 2. The number of benzene rings is 2. The molecule has 35 heavy (non-hydrogen) atoms. The first-order chi connectivity index (χ1) is 16.2. The first kappa shape index (κ1) is 30.6. The third kappa shape index (κ3) is 9.63. The van der Waals surface area contributed by atoms with Crippen molar-refractivity contribution in [2.24, 2.45) is 0 Å². The number of allylic oxidation sites excluding steroid dienone is 1. The molecule has 1 amide bonds. The summed E-state index contributed by atoms with van der Waals surface area (Å²) in [6.07, 6.45) is 7.66.